The van der Waals surface area contributed by atoms with Gasteiger partial charge in [0.05, 0.1) is 5.02 Å². The van der Waals surface area contributed by atoms with Crippen LogP contribution in [0.15, 0.2) is 22.7 Å². The number of nitrogens with zero attached hydrogens (tertiary/aromatic N) is 2. The predicted octanol–water partition coefficient (Wildman–Crippen LogP) is 3.33. The summed E-state index contributed by atoms with van der Waals surface area (Å²) in [6, 6.07) is 3.93. The second-order valence-electron chi connectivity index (χ2n) is 4.24. The molecule has 2 rings (SSSR count). The monoisotopic (exact) mass is 298 g/mol. The molecule has 2 aromatic rings. The van der Waals surface area contributed by atoms with E-state index in [2.05, 4.69) is 10.1 Å². The van der Waals surface area contributed by atoms with E-state index < -0.39 is 11.8 Å². The van der Waals surface area contributed by atoms with Gasteiger partial charge >= 0.3 is 5.97 Å². The average molecular weight is 299 g/mol. The minimum absolute atomic E-state index is 0.116. The number of unbranched alkanes of at least 4 members (excludes halogenated alkanes) is 1. The van der Waals surface area contributed by atoms with E-state index in [1.165, 1.54) is 18.2 Å². The van der Waals surface area contributed by atoms with Crippen molar-refractivity contribution in [1.82, 2.24) is 10.1 Å². The highest BCUT2D eigenvalue weighted by Gasteiger charge is 2.12. The molecular weight excluding hydrogens is 287 g/mol. The summed E-state index contributed by atoms with van der Waals surface area (Å²) >= 11 is 5.91. The maximum Gasteiger partial charge on any atom is 0.303 e. The van der Waals surface area contributed by atoms with Gasteiger partial charge in [-0.05, 0) is 31.0 Å². The van der Waals surface area contributed by atoms with Gasteiger partial charge in [-0.2, -0.15) is 4.98 Å². The van der Waals surface area contributed by atoms with Crippen LogP contribution in [-0.4, -0.2) is 21.2 Å². The number of rotatable bonds is 6. The number of halogens is 2. The fourth-order valence-corrected chi connectivity index (χ4v) is 1.94. The lowest BCUT2D eigenvalue weighted by molar-refractivity contribution is -0.137. The summed E-state index contributed by atoms with van der Waals surface area (Å²) in [5.41, 5.74) is 0.494. The molecule has 1 aromatic heterocycles. The van der Waals surface area contributed by atoms with Crippen molar-refractivity contribution in [1.29, 1.82) is 0 Å². The Morgan fingerprint density at radius 3 is 2.90 bits per heavy atom. The van der Waals surface area contributed by atoms with E-state index in [0.29, 0.717) is 36.5 Å². The number of carbonyl (C=O) groups is 1. The first-order valence-electron chi connectivity index (χ1n) is 6.06. The molecule has 5 nitrogen and oxygen atoms in total. The van der Waals surface area contributed by atoms with Crippen LogP contribution in [0.25, 0.3) is 11.4 Å². The molecule has 0 saturated heterocycles. The Morgan fingerprint density at radius 2 is 2.20 bits per heavy atom. The lowest BCUT2D eigenvalue weighted by atomic mass is 10.2. The molecule has 20 heavy (non-hydrogen) atoms. The highest BCUT2D eigenvalue weighted by molar-refractivity contribution is 6.33. The van der Waals surface area contributed by atoms with Crippen molar-refractivity contribution in [2.45, 2.75) is 25.7 Å². The highest BCUT2D eigenvalue weighted by Crippen LogP contribution is 2.26. The van der Waals surface area contributed by atoms with Crippen LogP contribution in [0.5, 0.6) is 0 Å². The van der Waals surface area contributed by atoms with Crippen LogP contribution >= 0.6 is 11.6 Å². The first-order valence-corrected chi connectivity index (χ1v) is 6.44. The molecule has 0 radical (unpaired) electrons. The maximum absolute atomic E-state index is 12.9. The highest BCUT2D eigenvalue weighted by atomic mass is 35.5. The molecule has 0 aliphatic carbocycles. The fourth-order valence-electron chi connectivity index (χ4n) is 1.69. The van der Waals surface area contributed by atoms with Gasteiger partial charge in [0.1, 0.15) is 5.82 Å². The second kappa shape index (κ2) is 6.47. The second-order valence-corrected chi connectivity index (χ2v) is 4.64. The molecule has 0 spiro atoms. The van der Waals surface area contributed by atoms with Crippen LogP contribution in [0.4, 0.5) is 4.39 Å². The standard InChI is InChI=1S/C13H12ClFN2O3/c14-10-7-8(15)5-6-9(10)13-16-11(20-17-13)3-1-2-4-12(18)19/h5-7H,1-4H2,(H,18,19). The Balaban J connectivity index is 1.99. The topological polar surface area (TPSA) is 76.2 Å². The Hall–Kier alpha value is -1.95. The van der Waals surface area contributed by atoms with E-state index >= 15 is 0 Å². The van der Waals surface area contributed by atoms with E-state index in [0.717, 1.165) is 0 Å². The van der Waals surface area contributed by atoms with E-state index in [1.807, 2.05) is 0 Å². The number of hydrogen-bond acceptors (Lipinski definition) is 4. The van der Waals surface area contributed by atoms with E-state index in [9.17, 15) is 9.18 Å². The summed E-state index contributed by atoms with van der Waals surface area (Å²) in [4.78, 5) is 14.5. The van der Waals surface area contributed by atoms with Crippen LogP contribution in [0.2, 0.25) is 5.02 Å². The summed E-state index contributed by atoms with van der Waals surface area (Å²) < 4.78 is 18.0. The molecule has 0 unspecified atom stereocenters. The molecule has 1 aromatic carbocycles. The van der Waals surface area contributed by atoms with E-state index in [4.69, 9.17) is 21.2 Å². The summed E-state index contributed by atoms with van der Waals surface area (Å²) in [5, 5.41) is 12.5. The van der Waals surface area contributed by atoms with Crippen LogP contribution in [0.3, 0.4) is 0 Å². The number of carboxylic acids is 1. The number of aromatic nitrogens is 2. The zero-order valence-electron chi connectivity index (χ0n) is 10.5. The number of benzene rings is 1. The zero-order valence-corrected chi connectivity index (χ0v) is 11.2. The summed E-state index contributed by atoms with van der Waals surface area (Å²) in [6.07, 6.45) is 1.80. The molecule has 0 aliphatic heterocycles. The normalized spacial score (nSPS) is 10.7. The maximum atomic E-state index is 12.9. The third kappa shape index (κ3) is 3.77. The average Bonchev–Trinajstić information content (AvgIpc) is 2.83. The quantitative estimate of drug-likeness (QED) is 0.828. The van der Waals surface area contributed by atoms with Gasteiger partial charge in [-0.3, -0.25) is 4.79 Å². The molecule has 1 N–H and O–H groups in total. The van der Waals surface area contributed by atoms with Crippen LogP contribution in [0.1, 0.15) is 25.2 Å². The van der Waals surface area contributed by atoms with Crippen molar-refractivity contribution < 1.29 is 18.8 Å². The SMILES string of the molecule is O=C(O)CCCCc1nc(-c2ccc(F)cc2Cl)no1. The molecule has 0 amide bonds. The Labute approximate surface area is 119 Å². The molecule has 1 heterocycles. The zero-order chi connectivity index (χ0) is 14.5. The van der Waals surface area contributed by atoms with Crippen molar-refractivity contribution in [3.63, 3.8) is 0 Å². The lowest BCUT2D eigenvalue weighted by Gasteiger charge is -1.97. The molecule has 106 valence electrons. The van der Waals surface area contributed by atoms with Crippen molar-refractivity contribution in [3.8, 4) is 11.4 Å². The molecule has 7 heteroatoms. The molecule has 0 aliphatic rings. The lowest BCUT2D eigenvalue weighted by Crippen LogP contribution is -1.95. The summed E-state index contributed by atoms with van der Waals surface area (Å²) in [5.74, 6) is -0.556. The first kappa shape index (κ1) is 14.5. The van der Waals surface area contributed by atoms with Crippen LogP contribution in [-0.2, 0) is 11.2 Å². The van der Waals surface area contributed by atoms with Gasteiger partial charge < -0.3 is 9.63 Å². The third-order valence-corrected chi connectivity index (χ3v) is 2.98. The third-order valence-electron chi connectivity index (χ3n) is 2.67. The molecule has 0 saturated carbocycles. The van der Waals surface area contributed by atoms with Crippen LogP contribution in [0, 0.1) is 5.82 Å². The smallest absolute Gasteiger partial charge is 0.303 e. The van der Waals surface area contributed by atoms with Crippen LogP contribution < -0.4 is 0 Å². The van der Waals surface area contributed by atoms with E-state index in [-0.39, 0.29) is 11.4 Å². The van der Waals surface area contributed by atoms with Gasteiger partial charge in [0, 0.05) is 18.4 Å². The van der Waals surface area contributed by atoms with Gasteiger partial charge in [0.2, 0.25) is 11.7 Å². The number of carboxylic acid groups (broad SMARTS) is 1. The Kier molecular flexibility index (Phi) is 4.68. The minimum atomic E-state index is -0.825. The Bertz CT molecular complexity index is 615. The predicted molar refractivity (Wildman–Crippen MR) is 69.9 cm³/mol. The molecule has 0 atom stereocenters. The molecule has 0 bridgehead atoms. The van der Waals surface area contributed by atoms with Crippen molar-refractivity contribution in [3.05, 3.63) is 34.9 Å². The number of hydrogen-bond donors (Lipinski definition) is 1. The van der Waals surface area contributed by atoms with Crippen molar-refractivity contribution >= 4 is 17.6 Å². The van der Waals surface area contributed by atoms with Gasteiger partial charge in [-0.25, -0.2) is 4.39 Å². The van der Waals surface area contributed by atoms with Gasteiger partial charge in [0.15, 0.2) is 0 Å². The number of aryl methyl sites for hydroxylation is 1. The Morgan fingerprint density at radius 1 is 1.40 bits per heavy atom. The van der Waals surface area contributed by atoms with Gasteiger partial charge in [0.25, 0.3) is 0 Å². The van der Waals surface area contributed by atoms with Gasteiger partial charge in [-0.1, -0.05) is 16.8 Å². The fraction of sp³-hybridized carbons (Fsp3) is 0.308. The first-order chi connectivity index (χ1) is 9.56. The van der Waals surface area contributed by atoms with Gasteiger partial charge in [-0.15, -0.1) is 0 Å². The largest absolute Gasteiger partial charge is 0.481 e. The summed E-state index contributed by atoms with van der Waals surface area (Å²) in [7, 11) is 0. The van der Waals surface area contributed by atoms with Crippen molar-refractivity contribution in [2.75, 3.05) is 0 Å². The summed E-state index contributed by atoms with van der Waals surface area (Å²) in [6.45, 7) is 0. The molecule has 0 fully saturated rings. The number of aliphatic carboxylic acids is 1. The van der Waals surface area contributed by atoms with E-state index in [1.54, 1.807) is 0 Å². The minimum Gasteiger partial charge on any atom is -0.481 e. The van der Waals surface area contributed by atoms with Crippen molar-refractivity contribution in [2.24, 2.45) is 0 Å². The molecular formula is C13H12ClFN2O3.